The van der Waals surface area contributed by atoms with Gasteiger partial charge >= 0.3 is 5.97 Å². The first-order valence-corrected chi connectivity index (χ1v) is 11.6. The maximum atomic E-state index is 12.8. The van der Waals surface area contributed by atoms with E-state index in [2.05, 4.69) is 10.0 Å². The van der Waals surface area contributed by atoms with E-state index in [1.165, 1.54) is 30.5 Å². The predicted molar refractivity (Wildman–Crippen MR) is 120 cm³/mol. The number of ether oxygens (including phenoxy) is 2. The number of sulfonamides is 1. The lowest BCUT2D eigenvalue weighted by atomic mass is 10.2. The largest absolute Gasteiger partial charge is 0.494 e. The van der Waals surface area contributed by atoms with Crippen LogP contribution in [0.3, 0.4) is 0 Å². The molecular formula is C23H24N2O7S. The summed E-state index contributed by atoms with van der Waals surface area (Å²) in [6.45, 7) is 3.47. The Bertz CT molecular complexity index is 1190. The number of para-hydroxylation sites is 1. The minimum atomic E-state index is -3.98. The molecule has 1 amide bonds. The second kappa shape index (κ2) is 10.7. The number of anilines is 1. The Balaban J connectivity index is 1.65. The van der Waals surface area contributed by atoms with Gasteiger partial charge in [-0.15, -0.1) is 0 Å². The fraction of sp³-hybridized carbons (Fsp3) is 0.217. The van der Waals surface area contributed by atoms with Gasteiger partial charge in [-0.25, -0.2) is 13.2 Å². The number of carbonyl (C=O) groups is 2. The minimum absolute atomic E-state index is 0.000384. The third kappa shape index (κ3) is 6.36. The Labute approximate surface area is 191 Å². The monoisotopic (exact) mass is 472 g/mol. The molecule has 0 fully saturated rings. The smallest absolute Gasteiger partial charge is 0.340 e. The van der Waals surface area contributed by atoms with Crippen molar-refractivity contribution >= 4 is 27.6 Å². The van der Waals surface area contributed by atoms with Crippen LogP contribution in [0.2, 0.25) is 0 Å². The van der Waals surface area contributed by atoms with Crippen molar-refractivity contribution in [2.45, 2.75) is 24.8 Å². The number of nitrogens with one attached hydrogen (secondary N) is 2. The van der Waals surface area contributed by atoms with Crippen LogP contribution in [-0.2, 0) is 19.6 Å². The summed E-state index contributed by atoms with van der Waals surface area (Å²) in [5, 5.41) is 2.65. The molecule has 0 saturated carbocycles. The number of hydrogen-bond acceptors (Lipinski definition) is 7. The first-order valence-electron chi connectivity index (χ1n) is 10.1. The van der Waals surface area contributed by atoms with Gasteiger partial charge in [0.25, 0.3) is 15.9 Å². The van der Waals surface area contributed by atoms with Crippen molar-refractivity contribution in [3.8, 4) is 5.75 Å². The summed E-state index contributed by atoms with van der Waals surface area (Å²) < 4.78 is 43.5. The summed E-state index contributed by atoms with van der Waals surface area (Å²) >= 11 is 0. The third-order valence-corrected chi connectivity index (χ3v) is 5.90. The highest BCUT2D eigenvalue weighted by molar-refractivity contribution is 7.92. The number of hydrogen-bond donors (Lipinski definition) is 2. The summed E-state index contributed by atoms with van der Waals surface area (Å²) in [4.78, 5) is 24.7. The second-order valence-electron chi connectivity index (χ2n) is 6.94. The number of amides is 1. The van der Waals surface area contributed by atoms with E-state index in [1.54, 1.807) is 43.3 Å². The molecule has 0 aliphatic rings. The second-order valence-corrected chi connectivity index (χ2v) is 8.62. The molecule has 0 aliphatic heterocycles. The molecule has 10 heteroatoms. The first-order chi connectivity index (χ1) is 15.8. The molecular weight excluding hydrogens is 448 g/mol. The topological polar surface area (TPSA) is 124 Å². The molecule has 0 spiro atoms. The summed E-state index contributed by atoms with van der Waals surface area (Å²) in [6, 6.07) is 14.9. The van der Waals surface area contributed by atoms with Crippen molar-refractivity contribution in [1.29, 1.82) is 0 Å². The maximum absolute atomic E-state index is 12.8. The average Bonchev–Trinajstić information content (AvgIpc) is 3.33. The lowest BCUT2D eigenvalue weighted by Crippen LogP contribution is -2.31. The molecule has 9 nitrogen and oxygen atoms in total. The minimum Gasteiger partial charge on any atom is -0.494 e. The van der Waals surface area contributed by atoms with Crippen LogP contribution < -0.4 is 14.8 Å². The fourth-order valence-corrected chi connectivity index (χ4v) is 4.02. The SMILES string of the molecule is CCOc1ccc(S(=O)(=O)Nc2ccccc2C(=O)OCC(=O)NC(C)c2ccco2)cc1. The van der Waals surface area contributed by atoms with Gasteiger partial charge < -0.3 is 19.2 Å². The zero-order valence-corrected chi connectivity index (χ0v) is 18.9. The normalized spacial score (nSPS) is 11.9. The van der Waals surface area contributed by atoms with Crippen molar-refractivity contribution in [2.24, 2.45) is 0 Å². The molecule has 1 heterocycles. The molecule has 0 saturated heterocycles. The van der Waals surface area contributed by atoms with Gasteiger partial charge in [-0.3, -0.25) is 9.52 Å². The number of benzene rings is 2. The highest BCUT2D eigenvalue weighted by atomic mass is 32.2. The van der Waals surface area contributed by atoms with Gasteiger partial charge in [-0.1, -0.05) is 12.1 Å². The molecule has 3 rings (SSSR count). The molecule has 2 N–H and O–H groups in total. The van der Waals surface area contributed by atoms with E-state index in [-0.39, 0.29) is 16.1 Å². The molecule has 174 valence electrons. The van der Waals surface area contributed by atoms with Gasteiger partial charge in [-0.2, -0.15) is 0 Å². The Morgan fingerprint density at radius 3 is 2.42 bits per heavy atom. The van der Waals surface area contributed by atoms with Crippen molar-refractivity contribution in [3.05, 3.63) is 78.3 Å². The van der Waals surface area contributed by atoms with Gasteiger partial charge in [0.2, 0.25) is 0 Å². The maximum Gasteiger partial charge on any atom is 0.340 e. The molecule has 0 radical (unpaired) electrons. The van der Waals surface area contributed by atoms with Crippen LogP contribution in [0.25, 0.3) is 0 Å². The van der Waals surface area contributed by atoms with E-state index >= 15 is 0 Å². The Morgan fingerprint density at radius 2 is 1.76 bits per heavy atom. The summed E-state index contributed by atoms with van der Waals surface area (Å²) in [5.41, 5.74) is -0.000332. The summed E-state index contributed by atoms with van der Waals surface area (Å²) in [7, 11) is -3.98. The number of carbonyl (C=O) groups excluding carboxylic acids is 2. The number of rotatable bonds is 10. The highest BCUT2D eigenvalue weighted by Crippen LogP contribution is 2.22. The molecule has 1 aromatic heterocycles. The van der Waals surface area contributed by atoms with E-state index in [0.29, 0.717) is 18.1 Å². The first kappa shape index (κ1) is 23.9. The Kier molecular flexibility index (Phi) is 7.73. The molecule has 1 atom stereocenters. The van der Waals surface area contributed by atoms with Crippen molar-refractivity contribution in [1.82, 2.24) is 5.32 Å². The van der Waals surface area contributed by atoms with Crippen LogP contribution in [0.1, 0.15) is 36.0 Å². The number of furan rings is 1. The van der Waals surface area contributed by atoms with Crippen LogP contribution in [0.5, 0.6) is 5.75 Å². The molecule has 0 bridgehead atoms. The zero-order chi connectivity index (χ0) is 23.8. The van der Waals surface area contributed by atoms with Crippen LogP contribution >= 0.6 is 0 Å². The van der Waals surface area contributed by atoms with Crippen LogP contribution in [-0.4, -0.2) is 33.5 Å². The number of esters is 1. The van der Waals surface area contributed by atoms with Crippen LogP contribution in [0, 0.1) is 0 Å². The molecule has 2 aromatic carbocycles. The predicted octanol–water partition coefficient (Wildman–Crippen LogP) is 3.51. The standard InChI is InChI=1S/C23H24N2O7S/c1-3-30-17-10-12-18(13-11-17)33(28,29)25-20-8-5-4-7-19(20)23(27)32-15-22(26)24-16(2)21-9-6-14-31-21/h4-14,16,25H,3,15H2,1-2H3,(H,24,26). The van der Waals surface area contributed by atoms with Crippen molar-refractivity contribution in [3.63, 3.8) is 0 Å². The zero-order valence-electron chi connectivity index (χ0n) is 18.1. The van der Waals surface area contributed by atoms with E-state index in [4.69, 9.17) is 13.9 Å². The average molecular weight is 473 g/mol. The van der Waals surface area contributed by atoms with Crippen LogP contribution in [0.15, 0.2) is 76.2 Å². The highest BCUT2D eigenvalue weighted by Gasteiger charge is 2.21. The lowest BCUT2D eigenvalue weighted by Gasteiger charge is -2.14. The molecule has 33 heavy (non-hydrogen) atoms. The molecule has 1 unspecified atom stereocenters. The van der Waals surface area contributed by atoms with Gasteiger partial charge in [0.1, 0.15) is 11.5 Å². The van der Waals surface area contributed by atoms with E-state index in [1.807, 2.05) is 6.92 Å². The quantitative estimate of drug-likeness (QED) is 0.433. The van der Waals surface area contributed by atoms with Crippen molar-refractivity contribution < 1.29 is 31.9 Å². The van der Waals surface area contributed by atoms with Gasteiger partial charge in [0, 0.05) is 0 Å². The van der Waals surface area contributed by atoms with E-state index in [9.17, 15) is 18.0 Å². The third-order valence-electron chi connectivity index (χ3n) is 4.52. The van der Waals surface area contributed by atoms with Gasteiger partial charge in [0.05, 0.1) is 35.1 Å². The fourth-order valence-electron chi connectivity index (χ4n) is 2.94. The van der Waals surface area contributed by atoms with Gasteiger partial charge in [0.15, 0.2) is 6.61 Å². The summed E-state index contributed by atoms with van der Waals surface area (Å²) in [6.07, 6.45) is 1.49. The van der Waals surface area contributed by atoms with Gasteiger partial charge in [-0.05, 0) is 62.4 Å². The van der Waals surface area contributed by atoms with Crippen LogP contribution in [0.4, 0.5) is 5.69 Å². The lowest BCUT2D eigenvalue weighted by molar-refractivity contribution is -0.125. The van der Waals surface area contributed by atoms with Crippen molar-refractivity contribution in [2.75, 3.05) is 17.9 Å². The Hall–Kier alpha value is -3.79. The Morgan fingerprint density at radius 1 is 1.03 bits per heavy atom. The van der Waals surface area contributed by atoms with E-state index < -0.39 is 34.5 Å². The summed E-state index contributed by atoms with van der Waals surface area (Å²) in [5.74, 6) is -0.274. The molecule has 3 aromatic rings. The van der Waals surface area contributed by atoms with E-state index in [0.717, 1.165) is 0 Å². The molecule has 0 aliphatic carbocycles.